The topological polar surface area (TPSA) is 99.5 Å². The summed E-state index contributed by atoms with van der Waals surface area (Å²) in [5.41, 5.74) is 5.19. The smallest absolute Gasteiger partial charge is 0.337 e. The number of carboxylic acids is 1. The summed E-state index contributed by atoms with van der Waals surface area (Å²) < 4.78 is 1.97. The van der Waals surface area contributed by atoms with Gasteiger partial charge in [0.15, 0.2) is 5.11 Å². The van der Waals surface area contributed by atoms with Gasteiger partial charge in [-0.3, -0.25) is 9.78 Å². The number of thiocarbonyl (C=S) groups is 1. The van der Waals surface area contributed by atoms with E-state index in [1.165, 1.54) is 0 Å². The van der Waals surface area contributed by atoms with Crippen LogP contribution < -0.4 is 10.6 Å². The standard InChI is InChI=1S/C34H31N5O3S/c1-21-20-26(22(2)39(21)29-16-6-5-13-25(29)33(41)42)32-31(28-14-7-8-18-35-28)37-34(43)38(32)19-17-30(40)36-27-15-9-11-23-10-3-4-12-24(23)27/h3-16,18,20,31-32H,17,19H2,1-2H3,(H,36,40)(H,37,43)(H,41,42)/t31-,32+/m0/s1. The first-order valence-electron chi connectivity index (χ1n) is 14.1. The molecule has 0 unspecified atom stereocenters. The molecule has 0 saturated carbocycles. The number of amides is 1. The van der Waals surface area contributed by atoms with E-state index < -0.39 is 5.97 Å². The summed E-state index contributed by atoms with van der Waals surface area (Å²) in [4.78, 5) is 32.0. The lowest BCUT2D eigenvalue weighted by Crippen LogP contribution is -2.33. The second kappa shape index (κ2) is 11.7. The fourth-order valence-corrected chi connectivity index (χ4v) is 6.39. The third kappa shape index (κ3) is 5.35. The van der Waals surface area contributed by atoms with Gasteiger partial charge in [0, 0.05) is 41.6 Å². The summed E-state index contributed by atoms with van der Waals surface area (Å²) in [6.07, 6.45) is 1.97. The summed E-state index contributed by atoms with van der Waals surface area (Å²) >= 11 is 5.84. The van der Waals surface area contributed by atoms with E-state index in [0.29, 0.717) is 17.3 Å². The number of hydrogen-bond donors (Lipinski definition) is 3. The lowest BCUT2D eigenvalue weighted by Gasteiger charge is -2.28. The van der Waals surface area contributed by atoms with E-state index in [9.17, 15) is 14.7 Å². The average molecular weight is 590 g/mol. The Balaban J connectivity index is 1.33. The number of rotatable bonds is 8. The molecule has 8 nitrogen and oxygen atoms in total. The minimum Gasteiger partial charge on any atom is -0.478 e. The molecule has 1 saturated heterocycles. The number of aromatic nitrogens is 2. The van der Waals surface area contributed by atoms with Gasteiger partial charge in [0.05, 0.1) is 29.0 Å². The van der Waals surface area contributed by atoms with Crippen LogP contribution in [0.1, 0.15) is 51.5 Å². The highest BCUT2D eigenvalue weighted by molar-refractivity contribution is 7.80. The fourth-order valence-electron chi connectivity index (χ4n) is 6.06. The summed E-state index contributed by atoms with van der Waals surface area (Å²) in [5.74, 6) is -1.10. The number of benzene rings is 3. The normalized spacial score (nSPS) is 16.3. The second-order valence-corrected chi connectivity index (χ2v) is 11.0. The quantitative estimate of drug-likeness (QED) is 0.182. The molecule has 3 N–H and O–H groups in total. The van der Waals surface area contributed by atoms with Gasteiger partial charge < -0.3 is 25.2 Å². The first-order chi connectivity index (χ1) is 20.8. The fraction of sp³-hybridized carbons (Fsp3) is 0.176. The van der Waals surface area contributed by atoms with Gasteiger partial charge in [0.25, 0.3) is 0 Å². The molecule has 43 heavy (non-hydrogen) atoms. The van der Waals surface area contributed by atoms with E-state index >= 15 is 0 Å². The lowest BCUT2D eigenvalue weighted by atomic mass is 9.96. The van der Waals surface area contributed by atoms with E-state index in [2.05, 4.69) is 21.7 Å². The van der Waals surface area contributed by atoms with Crippen LogP contribution in [0.5, 0.6) is 0 Å². The molecule has 9 heteroatoms. The molecular formula is C34H31N5O3S. The van der Waals surface area contributed by atoms with Crippen LogP contribution in [-0.2, 0) is 4.79 Å². The van der Waals surface area contributed by atoms with E-state index in [1.807, 2.05) is 96.1 Å². The average Bonchev–Trinajstić information content (AvgIpc) is 3.50. The van der Waals surface area contributed by atoms with Gasteiger partial charge >= 0.3 is 5.97 Å². The number of nitrogens with zero attached hydrogens (tertiary/aromatic N) is 3. The molecule has 3 heterocycles. The molecule has 1 aliphatic heterocycles. The number of anilines is 1. The Kier molecular flexibility index (Phi) is 7.65. The molecule has 3 aromatic carbocycles. The Labute approximate surface area is 255 Å². The van der Waals surface area contributed by atoms with Gasteiger partial charge in [-0.1, -0.05) is 54.6 Å². The molecule has 2 aromatic heterocycles. The first-order valence-corrected chi connectivity index (χ1v) is 14.5. The summed E-state index contributed by atoms with van der Waals surface area (Å²) in [7, 11) is 0. The van der Waals surface area contributed by atoms with E-state index in [-0.39, 0.29) is 30.0 Å². The van der Waals surface area contributed by atoms with Gasteiger partial charge in [-0.2, -0.15) is 0 Å². The number of fused-ring (bicyclic) bond motifs is 1. The minimum atomic E-state index is -0.987. The van der Waals surface area contributed by atoms with Gasteiger partial charge in [-0.15, -0.1) is 0 Å². The maximum Gasteiger partial charge on any atom is 0.337 e. The SMILES string of the molecule is Cc1cc([C@@H]2[C@H](c3ccccn3)NC(=S)N2CCC(=O)Nc2cccc3ccccc23)c(C)n1-c1ccccc1C(=O)O. The number of hydrogen-bond acceptors (Lipinski definition) is 4. The first kappa shape index (κ1) is 28.1. The zero-order valence-electron chi connectivity index (χ0n) is 23.8. The Bertz CT molecular complexity index is 1850. The van der Waals surface area contributed by atoms with Crippen molar-refractivity contribution >= 4 is 45.7 Å². The monoisotopic (exact) mass is 589 g/mol. The molecule has 1 aliphatic rings. The van der Waals surface area contributed by atoms with Gasteiger partial charge in [-0.25, -0.2) is 4.79 Å². The van der Waals surface area contributed by atoms with Crippen molar-refractivity contribution in [1.29, 1.82) is 0 Å². The molecule has 1 amide bonds. The van der Waals surface area contributed by atoms with Gasteiger partial charge in [-0.05, 0) is 73.4 Å². The van der Waals surface area contributed by atoms with Crippen LogP contribution in [0.25, 0.3) is 16.5 Å². The predicted octanol–water partition coefficient (Wildman–Crippen LogP) is 6.34. The molecule has 216 valence electrons. The molecule has 1 fully saturated rings. The number of pyridine rings is 1. The molecule has 0 spiro atoms. The van der Waals surface area contributed by atoms with Crippen molar-refractivity contribution in [2.24, 2.45) is 0 Å². The molecule has 0 bridgehead atoms. The van der Waals surface area contributed by atoms with Gasteiger partial charge in [0.2, 0.25) is 5.91 Å². The lowest BCUT2D eigenvalue weighted by molar-refractivity contribution is -0.116. The van der Waals surface area contributed by atoms with Crippen molar-refractivity contribution in [3.8, 4) is 5.69 Å². The van der Waals surface area contributed by atoms with Crippen molar-refractivity contribution < 1.29 is 14.7 Å². The summed E-state index contributed by atoms with van der Waals surface area (Å²) in [6, 6.07) is 28.1. The Morgan fingerprint density at radius 2 is 1.72 bits per heavy atom. The number of aromatic carboxylic acids is 1. The zero-order chi connectivity index (χ0) is 30.1. The van der Waals surface area contributed by atoms with Crippen molar-refractivity contribution in [1.82, 2.24) is 19.8 Å². The zero-order valence-corrected chi connectivity index (χ0v) is 24.6. The molecule has 5 aromatic rings. The summed E-state index contributed by atoms with van der Waals surface area (Å²) in [5, 5.41) is 19.0. The third-order valence-electron chi connectivity index (χ3n) is 8.01. The number of carbonyl (C=O) groups excluding carboxylic acids is 1. The number of nitrogens with one attached hydrogen (secondary N) is 2. The van der Waals surface area contributed by atoms with Crippen molar-refractivity contribution in [2.75, 3.05) is 11.9 Å². The highest BCUT2D eigenvalue weighted by Gasteiger charge is 2.41. The van der Waals surface area contributed by atoms with E-state index in [1.54, 1.807) is 18.3 Å². The molecule has 6 rings (SSSR count). The van der Waals surface area contributed by atoms with Crippen LogP contribution in [0.4, 0.5) is 5.69 Å². The van der Waals surface area contributed by atoms with Gasteiger partial charge in [0.1, 0.15) is 0 Å². The van der Waals surface area contributed by atoms with E-state index in [4.69, 9.17) is 12.2 Å². The number of carbonyl (C=O) groups is 2. The molecule has 0 radical (unpaired) electrons. The Morgan fingerprint density at radius 1 is 0.977 bits per heavy atom. The Morgan fingerprint density at radius 3 is 2.51 bits per heavy atom. The molecule has 2 atom stereocenters. The Hall–Kier alpha value is -5.02. The maximum atomic E-state index is 13.3. The van der Waals surface area contributed by atoms with Crippen LogP contribution in [0.2, 0.25) is 0 Å². The number of para-hydroxylation sites is 1. The maximum absolute atomic E-state index is 13.3. The van der Waals surface area contributed by atoms with Crippen LogP contribution in [0.15, 0.2) is 97.2 Å². The van der Waals surface area contributed by atoms with Crippen molar-refractivity contribution in [3.63, 3.8) is 0 Å². The molecular weight excluding hydrogens is 558 g/mol. The van der Waals surface area contributed by atoms with Crippen LogP contribution >= 0.6 is 12.2 Å². The van der Waals surface area contributed by atoms with Crippen molar-refractivity contribution in [2.45, 2.75) is 32.4 Å². The highest BCUT2D eigenvalue weighted by atomic mass is 32.1. The minimum absolute atomic E-state index is 0.111. The van der Waals surface area contributed by atoms with Crippen molar-refractivity contribution in [3.05, 3.63) is 125 Å². The third-order valence-corrected chi connectivity index (χ3v) is 8.36. The second-order valence-electron chi connectivity index (χ2n) is 10.6. The number of carboxylic acid groups (broad SMARTS) is 1. The molecule has 0 aliphatic carbocycles. The van der Waals surface area contributed by atoms with Crippen LogP contribution in [-0.4, -0.2) is 43.1 Å². The largest absolute Gasteiger partial charge is 0.478 e. The summed E-state index contributed by atoms with van der Waals surface area (Å²) in [6.45, 7) is 4.34. The van der Waals surface area contributed by atoms with Crippen LogP contribution in [0.3, 0.4) is 0 Å². The van der Waals surface area contributed by atoms with E-state index in [0.717, 1.165) is 39.1 Å². The predicted molar refractivity (Wildman–Crippen MR) is 172 cm³/mol. The number of aryl methyl sites for hydroxylation is 1. The highest BCUT2D eigenvalue weighted by Crippen LogP contribution is 2.41. The van der Waals surface area contributed by atoms with Crippen LogP contribution in [0, 0.1) is 13.8 Å².